The van der Waals surface area contributed by atoms with Crippen LogP contribution in [0.25, 0.3) is 0 Å². The normalized spacial score (nSPS) is 18.3. The standard InChI is InChI=1S/C8H9BrClN3S/c9-6-2-1-3-13(4-6)5-7-8(10)14-12-11-7/h2H,1,3-5H2. The van der Waals surface area contributed by atoms with Crippen molar-refractivity contribution in [3.63, 3.8) is 0 Å². The van der Waals surface area contributed by atoms with E-state index >= 15 is 0 Å². The van der Waals surface area contributed by atoms with Crippen LogP contribution in [0, 0.1) is 0 Å². The molecule has 0 fully saturated rings. The summed E-state index contributed by atoms with van der Waals surface area (Å²) in [6.07, 6.45) is 3.28. The molecule has 0 bridgehead atoms. The number of hydrogen-bond donors (Lipinski definition) is 0. The van der Waals surface area contributed by atoms with Crippen molar-refractivity contribution in [2.45, 2.75) is 13.0 Å². The van der Waals surface area contributed by atoms with Crippen LogP contribution in [0.2, 0.25) is 4.34 Å². The lowest BCUT2D eigenvalue weighted by atomic mass is 10.2. The van der Waals surface area contributed by atoms with Crippen molar-refractivity contribution in [3.8, 4) is 0 Å². The van der Waals surface area contributed by atoms with E-state index in [-0.39, 0.29) is 0 Å². The molecule has 1 aromatic heterocycles. The number of halogens is 2. The van der Waals surface area contributed by atoms with Crippen LogP contribution < -0.4 is 0 Å². The highest BCUT2D eigenvalue weighted by Crippen LogP contribution is 2.21. The lowest BCUT2D eigenvalue weighted by Crippen LogP contribution is -2.28. The minimum atomic E-state index is 0.704. The highest BCUT2D eigenvalue weighted by Gasteiger charge is 2.14. The second-order valence-corrected chi connectivity index (χ2v) is 5.52. The van der Waals surface area contributed by atoms with Crippen molar-refractivity contribution in [2.24, 2.45) is 0 Å². The van der Waals surface area contributed by atoms with E-state index in [1.165, 1.54) is 16.0 Å². The summed E-state index contributed by atoms with van der Waals surface area (Å²) in [6, 6.07) is 0. The molecular formula is C8H9BrClN3S. The van der Waals surface area contributed by atoms with Gasteiger partial charge in [0.25, 0.3) is 0 Å². The summed E-state index contributed by atoms with van der Waals surface area (Å²) in [4.78, 5) is 2.30. The first-order valence-electron chi connectivity index (χ1n) is 4.29. The van der Waals surface area contributed by atoms with Gasteiger partial charge in [-0.2, -0.15) is 0 Å². The number of rotatable bonds is 2. The van der Waals surface area contributed by atoms with Gasteiger partial charge in [0, 0.05) is 35.6 Å². The Morgan fingerprint density at radius 1 is 1.64 bits per heavy atom. The maximum atomic E-state index is 5.94. The molecule has 6 heteroatoms. The first-order chi connectivity index (χ1) is 6.75. The fourth-order valence-electron chi connectivity index (χ4n) is 1.40. The van der Waals surface area contributed by atoms with Gasteiger partial charge in [-0.1, -0.05) is 38.1 Å². The van der Waals surface area contributed by atoms with Gasteiger partial charge in [0.1, 0.15) is 10.0 Å². The Morgan fingerprint density at radius 3 is 3.14 bits per heavy atom. The summed E-state index contributed by atoms with van der Waals surface area (Å²) >= 11 is 10.7. The summed E-state index contributed by atoms with van der Waals surface area (Å²) in [5.41, 5.74) is 0.888. The quantitative estimate of drug-likeness (QED) is 0.840. The molecule has 0 radical (unpaired) electrons. The third-order valence-corrected chi connectivity index (χ3v) is 3.63. The Hall–Kier alpha value is 0.0300. The van der Waals surface area contributed by atoms with Gasteiger partial charge in [0.2, 0.25) is 0 Å². The molecule has 0 aliphatic carbocycles. The fourth-order valence-corrected chi connectivity index (χ4v) is 2.59. The monoisotopic (exact) mass is 293 g/mol. The van der Waals surface area contributed by atoms with Crippen LogP contribution in [-0.4, -0.2) is 27.6 Å². The third kappa shape index (κ3) is 2.53. The van der Waals surface area contributed by atoms with Crippen LogP contribution in [-0.2, 0) is 6.54 Å². The van der Waals surface area contributed by atoms with Gasteiger partial charge in [-0.15, -0.1) is 5.10 Å². The van der Waals surface area contributed by atoms with Gasteiger partial charge < -0.3 is 0 Å². The predicted molar refractivity (Wildman–Crippen MR) is 61.8 cm³/mol. The Morgan fingerprint density at radius 2 is 2.50 bits per heavy atom. The topological polar surface area (TPSA) is 29.0 Å². The zero-order valence-corrected chi connectivity index (χ0v) is 10.6. The molecule has 1 aliphatic heterocycles. The Kier molecular flexibility index (Phi) is 3.54. The van der Waals surface area contributed by atoms with Gasteiger partial charge in [0.05, 0.1) is 0 Å². The Bertz CT molecular complexity index is 352. The summed E-state index contributed by atoms with van der Waals surface area (Å²) in [5, 5.41) is 4.00. The number of hydrogen-bond acceptors (Lipinski definition) is 4. The van der Waals surface area contributed by atoms with Crippen LogP contribution >= 0.6 is 39.1 Å². The van der Waals surface area contributed by atoms with Gasteiger partial charge >= 0.3 is 0 Å². The van der Waals surface area contributed by atoms with Crippen LogP contribution in [0.1, 0.15) is 12.1 Å². The average molecular weight is 295 g/mol. The molecule has 0 aromatic carbocycles. The molecule has 0 atom stereocenters. The largest absolute Gasteiger partial charge is 0.292 e. The second kappa shape index (κ2) is 4.70. The maximum Gasteiger partial charge on any atom is 0.138 e. The van der Waals surface area contributed by atoms with Gasteiger partial charge in [-0.3, -0.25) is 4.90 Å². The molecule has 1 aromatic rings. The molecule has 2 heterocycles. The van der Waals surface area contributed by atoms with E-state index in [0.717, 1.165) is 31.7 Å². The van der Waals surface area contributed by atoms with Crippen LogP contribution in [0.4, 0.5) is 0 Å². The Labute approximate surface area is 100 Å². The van der Waals surface area contributed by atoms with E-state index < -0.39 is 0 Å². The van der Waals surface area contributed by atoms with Crippen molar-refractivity contribution in [2.75, 3.05) is 13.1 Å². The van der Waals surface area contributed by atoms with E-state index in [4.69, 9.17) is 11.6 Å². The second-order valence-electron chi connectivity index (χ2n) is 3.14. The third-order valence-electron chi connectivity index (χ3n) is 2.07. The van der Waals surface area contributed by atoms with E-state index in [1.54, 1.807) is 0 Å². The molecule has 0 saturated carbocycles. The number of aromatic nitrogens is 2. The van der Waals surface area contributed by atoms with E-state index in [2.05, 4.69) is 36.5 Å². The molecule has 76 valence electrons. The summed E-state index contributed by atoms with van der Waals surface area (Å²) in [5.74, 6) is 0. The van der Waals surface area contributed by atoms with E-state index in [1.807, 2.05) is 0 Å². The predicted octanol–water partition coefficient (Wildman–Crippen LogP) is 2.68. The minimum absolute atomic E-state index is 0.704. The SMILES string of the molecule is Clc1snnc1CN1CCC=C(Br)C1. The summed E-state index contributed by atoms with van der Waals surface area (Å²) in [6.45, 7) is 2.79. The zero-order valence-electron chi connectivity index (χ0n) is 7.41. The number of nitrogens with zero attached hydrogens (tertiary/aromatic N) is 3. The molecule has 3 nitrogen and oxygen atoms in total. The zero-order chi connectivity index (χ0) is 9.97. The highest BCUT2D eigenvalue weighted by molar-refractivity contribution is 9.11. The molecule has 0 unspecified atom stereocenters. The molecule has 0 amide bonds. The van der Waals surface area contributed by atoms with E-state index in [9.17, 15) is 0 Å². The maximum absolute atomic E-state index is 5.94. The molecule has 1 aliphatic rings. The minimum Gasteiger partial charge on any atom is -0.292 e. The lowest BCUT2D eigenvalue weighted by molar-refractivity contribution is 0.285. The van der Waals surface area contributed by atoms with Gasteiger partial charge in [-0.05, 0) is 6.42 Å². The molecule has 0 N–H and O–H groups in total. The van der Waals surface area contributed by atoms with Crippen molar-refractivity contribution in [3.05, 3.63) is 20.6 Å². The van der Waals surface area contributed by atoms with Crippen LogP contribution in [0.5, 0.6) is 0 Å². The van der Waals surface area contributed by atoms with Crippen molar-refractivity contribution in [1.29, 1.82) is 0 Å². The molecule has 2 rings (SSSR count). The van der Waals surface area contributed by atoms with Crippen molar-refractivity contribution in [1.82, 2.24) is 14.5 Å². The highest BCUT2D eigenvalue weighted by atomic mass is 79.9. The van der Waals surface area contributed by atoms with E-state index in [0.29, 0.717) is 4.34 Å². The fraction of sp³-hybridized carbons (Fsp3) is 0.500. The van der Waals surface area contributed by atoms with Gasteiger partial charge in [0.15, 0.2) is 0 Å². The molecule has 0 saturated heterocycles. The molecular weight excluding hydrogens is 286 g/mol. The van der Waals surface area contributed by atoms with Crippen molar-refractivity contribution < 1.29 is 0 Å². The van der Waals surface area contributed by atoms with Gasteiger partial charge in [-0.25, -0.2) is 0 Å². The molecule has 0 spiro atoms. The van der Waals surface area contributed by atoms with Crippen LogP contribution in [0.3, 0.4) is 0 Å². The lowest BCUT2D eigenvalue weighted by Gasteiger charge is -2.23. The Balaban J connectivity index is 1.99. The summed E-state index contributed by atoms with van der Waals surface area (Å²) < 4.78 is 5.76. The molecule has 14 heavy (non-hydrogen) atoms. The first kappa shape index (κ1) is 10.5. The first-order valence-corrected chi connectivity index (χ1v) is 6.24. The van der Waals surface area contributed by atoms with Crippen LogP contribution in [0.15, 0.2) is 10.6 Å². The smallest absolute Gasteiger partial charge is 0.138 e. The average Bonchev–Trinajstić information content (AvgIpc) is 2.52. The van der Waals surface area contributed by atoms with Crippen molar-refractivity contribution >= 4 is 39.1 Å². The summed E-state index contributed by atoms with van der Waals surface area (Å²) in [7, 11) is 0.